The lowest BCUT2D eigenvalue weighted by Crippen LogP contribution is -2.28. The van der Waals surface area contributed by atoms with Crippen LogP contribution in [0.4, 0.5) is 5.69 Å². The number of esters is 1. The van der Waals surface area contributed by atoms with E-state index in [1.165, 1.54) is 24.3 Å². The summed E-state index contributed by atoms with van der Waals surface area (Å²) in [6.45, 7) is 0.0456. The Hall–Kier alpha value is -4.54. The lowest BCUT2D eigenvalue weighted by Gasteiger charge is -2.13. The molecule has 2 aliphatic carbocycles. The Kier molecular flexibility index (Phi) is 4.66. The number of imide groups is 1. The number of carbonyl (C=O) groups is 3. The summed E-state index contributed by atoms with van der Waals surface area (Å²) in [5.74, 6) is -1.46. The first-order valence-electron chi connectivity index (χ1n) is 10.9. The van der Waals surface area contributed by atoms with Crippen molar-refractivity contribution in [2.75, 3.05) is 6.79 Å². The molecule has 0 unspecified atom stereocenters. The van der Waals surface area contributed by atoms with Crippen molar-refractivity contribution < 1.29 is 33.5 Å². The molecule has 1 saturated carbocycles. The topological polar surface area (TPSA) is 138 Å². The minimum Gasteiger partial charge on any atom is -0.454 e. The molecule has 2 bridgehead atoms. The third kappa shape index (κ3) is 3.35. The fourth-order valence-electron chi connectivity index (χ4n) is 5.15. The van der Waals surface area contributed by atoms with E-state index in [1.807, 2.05) is 12.2 Å². The lowest BCUT2D eigenvalue weighted by atomic mass is 9.85. The number of ether oxygens (including phenoxy) is 3. The van der Waals surface area contributed by atoms with Gasteiger partial charge in [-0.25, -0.2) is 4.79 Å². The molecule has 4 atom stereocenters. The first-order valence-corrected chi connectivity index (χ1v) is 10.9. The third-order valence-electron chi connectivity index (χ3n) is 6.77. The maximum atomic E-state index is 12.9. The fraction of sp³-hybridized carbons (Fsp3) is 0.250. The number of allylic oxidation sites excluding steroid dienone is 2. The Labute approximate surface area is 197 Å². The van der Waals surface area contributed by atoms with Crippen LogP contribution in [0.1, 0.15) is 22.3 Å². The highest BCUT2D eigenvalue weighted by Gasteiger charge is 2.59. The number of nitro groups is 1. The zero-order chi connectivity index (χ0) is 24.3. The van der Waals surface area contributed by atoms with Gasteiger partial charge in [0.2, 0.25) is 6.79 Å². The summed E-state index contributed by atoms with van der Waals surface area (Å²) in [5, 5.41) is 16.2. The van der Waals surface area contributed by atoms with Crippen molar-refractivity contribution >= 4 is 29.7 Å². The van der Waals surface area contributed by atoms with Crippen LogP contribution in [0.5, 0.6) is 17.2 Å². The van der Waals surface area contributed by atoms with Crippen molar-refractivity contribution in [1.82, 2.24) is 5.01 Å². The van der Waals surface area contributed by atoms with Gasteiger partial charge in [0.05, 0.1) is 28.5 Å². The number of rotatable bonds is 5. The number of hydrazone groups is 1. The highest BCUT2D eigenvalue weighted by molar-refractivity contribution is 6.07. The molecule has 0 N–H and O–H groups in total. The van der Waals surface area contributed by atoms with Gasteiger partial charge in [-0.05, 0) is 42.5 Å². The van der Waals surface area contributed by atoms with Crippen LogP contribution in [-0.4, -0.2) is 40.7 Å². The van der Waals surface area contributed by atoms with Gasteiger partial charge in [0.15, 0.2) is 11.5 Å². The van der Waals surface area contributed by atoms with E-state index in [1.54, 1.807) is 6.07 Å². The van der Waals surface area contributed by atoms with E-state index >= 15 is 0 Å². The van der Waals surface area contributed by atoms with Gasteiger partial charge in [0.25, 0.3) is 17.5 Å². The maximum Gasteiger partial charge on any atom is 0.343 e. The third-order valence-corrected chi connectivity index (χ3v) is 6.77. The van der Waals surface area contributed by atoms with Crippen molar-refractivity contribution in [2.45, 2.75) is 6.42 Å². The molecule has 2 fully saturated rings. The second-order valence-electron chi connectivity index (χ2n) is 8.67. The van der Waals surface area contributed by atoms with Gasteiger partial charge in [-0.3, -0.25) is 19.7 Å². The van der Waals surface area contributed by atoms with E-state index in [9.17, 15) is 24.5 Å². The smallest absolute Gasteiger partial charge is 0.343 e. The van der Waals surface area contributed by atoms with E-state index in [4.69, 9.17) is 14.2 Å². The number of hydrogen-bond donors (Lipinski definition) is 0. The maximum absolute atomic E-state index is 12.9. The summed E-state index contributed by atoms with van der Waals surface area (Å²) < 4.78 is 16.0. The van der Waals surface area contributed by atoms with Gasteiger partial charge in [0.1, 0.15) is 5.75 Å². The molecule has 2 heterocycles. The van der Waals surface area contributed by atoms with Crippen LogP contribution in [0.15, 0.2) is 53.7 Å². The average molecular weight is 475 g/mol. The number of fused-ring (bicyclic) bond motifs is 6. The molecule has 2 amide bonds. The molecule has 35 heavy (non-hydrogen) atoms. The first kappa shape index (κ1) is 21.0. The Morgan fingerprint density at radius 1 is 1.06 bits per heavy atom. The quantitative estimate of drug-likeness (QED) is 0.122. The van der Waals surface area contributed by atoms with E-state index in [2.05, 4.69) is 5.10 Å². The molecule has 1 saturated heterocycles. The minimum absolute atomic E-state index is 0.0250. The van der Waals surface area contributed by atoms with Gasteiger partial charge >= 0.3 is 5.97 Å². The number of nitro benzene ring substituents is 1. The second kappa shape index (κ2) is 7.76. The lowest BCUT2D eigenvalue weighted by molar-refractivity contribution is -0.384. The molecule has 0 aromatic heterocycles. The van der Waals surface area contributed by atoms with Crippen LogP contribution >= 0.6 is 0 Å². The van der Waals surface area contributed by atoms with Crippen molar-refractivity contribution in [1.29, 1.82) is 0 Å². The van der Waals surface area contributed by atoms with E-state index in [-0.39, 0.29) is 41.2 Å². The molecular weight excluding hydrogens is 458 g/mol. The molecule has 11 nitrogen and oxygen atoms in total. The van der Waals surface area contributed by atoms with Gasteiger partial charge in [-0.2, -0.15) is 10.1 Å². The molecule has 11 heteroatoms. The van der Waals surface area contributed by atoms with E-state index in [0.29, 0.717) is 11.5 Å². The van der Waals surface area contributed by atoms with Crippen LogP contribution in [0, 0.1) is 33.8 Å². The predicted octanol–water partition coefficient (Wildman–Crippen LogP) is 2.68. The summed E-state index contributed by atoms with van der Waals surface area (Å²) in [5.41, 5.74) is -0.0317. The molecule has 2 aromatic rings. The molecule has 2 aromatic carbocycles. The van der Waals surface area contributed by atoms with Crippen LogP contribution in [-0.2, 0) is 9.59 Å². The van der Waals surface area contributed by atoms with E-state index < -0.39 is 34.5 Å². The first-order chi connectivity index (χ1) is 16.9. The Bertz CT molecular complexity index is 1340. The van der Waals surface area contributed by atoms with Crippen molar-refractivity contribution in [3.8, 4) is 17.2 Å². The van der Waals surface area contributed by atoms with Gasteiger partial charge < -0.3 is 14.2 Å². The van der Waals surface area contributed by atoms with Crippen LogP contribution < -0.4 is 14.2 Å². The van der Waals surface area contributed by atoms with E-state index in [0.717, 1.165) is 23.7 Å². The van der Waals surface area contributed by atoms with Crippen LogP contribution in [0.2, 0.25) is 0 Å². The number of nitrogens with zero attached hydrogens (tertiary/aromatic N) is 3. The zero-order valence-electron chi connectivity index (χ0n) is 18.0. The number of benzene rings is 2. The summed E-state index contributed by atoms with van der Waals surface area (Å²) in [6, 6.07) is 8.13. The molecule has 0 spiro atoms. The molecule has 176 valence electrons. The summed E-state index contributed by atoms with van der Waals surface area (Å²) in [4.78, 5) is 49.2. The van der Waals surface area contributed by atoms with Crippen molar-refractivity contribution in [2.24, 2.45) is 28.8 Å². The van der Waals surface area contributed by atoms with Crippen LogP contribution in [0.25, 0.3) is 0 Å². The van der Waals surface area contributed by atoms with Gasteiger partial charge in [-0.1, -0.05) is 12.2 Å². The highest BCUT2D eigenvalue weighted by atomic mass is 16.7. The predicted molar refractivity (Wildman–Crippen MR) is 118 cm³/mol. The standard InChI is InChI=1S/C24H17N3O8/c28-22-20-12-1-2-13(7-12)21(20)23(29)26(22)25-10-15-8-16(27(31)32)4-6-17(15)35-24(30)14-3-5-18-19(9-14)34-11-33-18/h1-6,8-10,12-13,20-21H,7,11H2/t12-,13-,20-,21+/m0/s1. The number of non-ortho nitro benzene ring substituents is 1. The summed E-state index contributed by atoms with van der Waals surface area (Å²) >= 11 is 0. The molecular formula is C24H17N3O8. The van der Waals surface area contributed by atoms with Crippen molar-refractivity contribution in [3.63, 3.8) is 0 Å². The SMILES string of the molecule is O=C(Oc1ccc([N+](=O)[O-])cc1C=NN1C(=O)[C@@H]2[C@H](C1=O)[C@H]1C=C[C@H]2C1)c1ccc2c(c1)OCO2. The zero-order valence-corrected chi connectivity index (χ0v) is 18.0. The minimum atomic E-state index is -0.739. The highest BCUT2D eigenvalue weighted by Crippen LogP contribution is 2.52. The number of hydrogen-bond acceptors (Lipinski definition) is 9. The number of amides is 2. The van der Waals surface area contributed by atoms with Gasteiger partial charge in [-0.15, -0.1) is 0 Å². The number of carbonyl (C=O) groups excluding carboxylic acids is 3. The Morgan fingerprint density at radius 3 is 2.49 bits per heavy atom. The average Bonchev–Trinajstić information content (AvgIpc) is 3.62. The molecule has 6 rings (SSSR count). The van der Waals surface area contributed by atoms with Gasteiger partial charge in [0, 0.05) is 17.7 Å². The Balaban J connectivity index is 1.28. The molecule has 0 radical (unpaired) electrons. The summed E-state index contributed by atoms with van der Waals surface area (Å²) in [6.07, 6.45) is 5.85. The largest absolute Gasteiger partial charge is 0.454 e. The normalized spacial score (nSPS) is 25.5. The molecule has 4 aliphatic rings. The van der Waals surface area contributed by atoms with Crippen molar-refractivity contribution in [3.05, 3.63) is 69.8 Å². The molecule has 2 aliphatic heterocycles. The monoisotopic (exact) mass is 475 g/mol. The fourth-order valence-corrected chi connectivity index (χ4v) is 5.15. The summed E-state index contributed by atoms with van der Waals surface area (Å²) in [7, 11) is 0. The van der Waals surface area contributed by atoms with Crippen LogP contribution in [0.3, 0.4) is 0 Å². The second-order valence-corrected chi connectivity index (χ2v) is 8.67. The Morgan fingerprint density at radius 2 is 1.77 bits per heavy atom.